The van der Waals surface area contributed by atoms with E-state index in [0.717, 1.165) is 17.4 Å². The van der Waals surface area contributed by atoms with Crippen molar-refractivity contribution in [2.75, 3.05) is 22.4 Å². The Morgan fingerprint density at radius 2 is 1.96 bits per heavy atom. The van der Waals surface area contributed by atoms with Gasteiger partial charge in [-0.3, -0.25) is 9.10 Å². The van der Waals surface area contributed by atoms with Crippen molar-refractivity contribution in [2.24, 2.45) is 0 Å². The summed E-state index contributed by atoms with van der Waals surface area (Å²) in [5.74, 6) is -0.0107. The van der Waals surface area contributed by atoms with Crippen LogP contribution in [0.1, 0.15) is 17.5 Å². The molecule has 0 bridgehead atoms. The number of sulfonamides is 1. The van der Waals surface area contributed by atoms with Gasteiger partial charge in [0, 0.05) is 23.7 Å². The van der Waals surface area contributed by atoms with Gasteiger partial charge in [-0.2, -0.15) is 0 Å². The fraction of sp³-hybridized carbons (Fsp3) is 0.316. The largest absolute Gasteiger partial charge is 0.478 e. The lowest BCUT2D eigenvalue weighted by molar-refractivity contribution is -0.122. The Balaban J connectivity index is 1.90. The first kappa shape index (κ1) is 19.5. The third kappa shape index (κ3) is 4.36. The van der Waals surface area contributed by atoms with Crippen LogP contribution in [0.25, 0.3) is 0 Å². The number of nitrogens with one attached hydrogen (secondary N) is 1. The SMILES string of the molecule is Cc1ccc(C)c(NC(=O)[C@@H]2CCN(S(C)(=O)=O)c3cc(Cl)ccc3O2)c1. The molecule has 27 heavy (non-hydrogen) atoms. The van der Waals surface area contributed by atoms with E-state index in [1.807, 2.05) is 32.0 Å². The summed E-state index contributed by atoms with van der Waals surface area (Å²) in [6, 6.07) is 10.5. The molecule has 0 fully saturated rings. The van der Waals surface area contributed by atoms with Crippen LogP contribution in [-0.4, -0.2) is 33.2 Å². The van der Waals surface area contributed by atoms with E-state index in [0.29, 0.717) is 22.1 Å². The second kappa shape index (κ2) is 7.40. The number of hydrogen-bond donors (Lipinski definition) is 1. The van der Waals surface area contributed by atoms with Crippen LogP contribution in [0, 0.1) is 13.8 Å². The first-order valence-corrected chi connectivity index (χ1v) is 10.7. The van der Waals surface area contributed by atoms with E-state index in [1.54, 1.807) is 12.1 Å². The number of fused-ring (bicyclic) bond motifs is 1. The van der Waals surface area contributed by atoms with E-state index in [4.69, 9.17) is 16.3 Å². The zero-order chi connectivity index (χ0) is 19.8. The Morgan fingerprint density at radius 3 is 2.67 bits per heavy atom. The number of hydrogen-bond acceptors (Lipinski definition) is 4. The van der Waals surface area contributed by atoms with Crippen molar-refractivity contribution in [3.8, 4) is 5.75 Å². The third-order valence-corrected chi connectivity index (χ3v) is 5.81. The molecule has 0 aromatic heterocycles. The minimum atomic E-state index is -3.54. The van der Waals surface area contributed by atoms with E-state index in [2.05, 4.69) is 5.32 Å². The molecule has 8 heteroatoms. The molecule has 1 atom stereocenters. The summed E-state index contributed by atoms with van der Waals surface area (Å²) in [5.41, 5.74) is 3.02. The highest BCUT2D eigenvalue weighted by atomic mass is 35.5. The van der Waals surface area contributed by atoms with Crippen molar-refractivity contribution < 1.29 is 17.9 Å². The lowest BCUT2D eigenvalue weighted by atomic mass is 10.1. The minimum Gasteiger partial charge on any atom is -0.478 e. The third-order valence-electron chi connectivity index (χ3n) is 4.40. The Labute approximate surface area is 164 Å². The number of amides is 1. The average Bonchev–Trinajstić information content (AvgIpc) is 2.77. The van der Waals surface area contributed by atoms with Crippen LogP contribution < -0.4 is 14.4 Å². The van der Waals surface area contributed by atoms with Gasteiger partial charge in [0.2, 0.25) is 10.0 Å². The van der Waals surface area contributed by atoms with Crippen LogP contribution in [0.4, 0.5) is 11.4 Å². The molecule has 3 rings (SSSR count). The second-order valence-electron chi connectivity index (χ2n) is 6.65. The molecule has 6 nitrogen and oxygen atoms in total. The fourth-order valence-corrected chi connectivity index (χ4v) is 4.07. The molecule has 0 saturated heterocycles. The van der Waals surface area contributed by atoms with Crippen LogP contribution in [0.15, 0.2) is 36.4 Å². The highest BCUT2D eigenvalue weighted by molar-refractivity contribution is 7.92. The molecule has 1 heterocycles. The number of ether oxygens (including phenoxy) is 1. The smallest absolute Gasteiger partial charge is 0.265 e. The summed E-state index contributed by atoms with van der Waals surface area (Å²) in [4.78, 5) is 12.8. The summed E-state index contributed by atoms with van der Waals surface area (Å²) in [5, 5.41) is 3.28. The molecule has 0 aliphatic carbocycles. The number of halogens is 1. The number of aryl methyl sites for hydroxylation is 2. The molecule has 2 aromatic rings. The molecule has 2 aromatic carbocycles. The number of benzene rings is 2. The standard InChI is InChI=1S/C19H21ClN2O4S/c1-12-4-5-13(2)15(10-12)21-19(23)18-8-9-22(27(3,24)25)16-11-14(20)6-7-17(16)26-18/h4-7,10-11,18H,8-9H2,1-3H3,(H,21,23)/t18-/m0/s1. The van der Waals surface area contributed by atoms with Crippen molar-refractivity contribution in [3.05, 3.63) is 52.5 Å². The highest BCUT2D eigenvalue weighted by Crippen LogP contribution is 2.36. The lowest BCUT2D eigenvalue weighted by Gasteiger charge is -2.21. The summed E-state index contributed by atoms with van der Waals surface area (Å²) in [7, 11) is -3.54. The van der Waals surface area contributed by atoms with Crippen LogP contribution >= 0.6 is 11.6 Å². The van der Waals surface area contributed by atoms with Gasteiger partial charge in [-0.1, -0.05) is 23.7 Å². The first-order valence-electron chi connectivity index (χ1n) is 8.47. The van der Waals surface area contributed by atoms with Crippen molar-refractivity contribution in [1.82, 2.24) is 0 Å². The van der Waals surface area contributed by atoms with E-state index in [-0.39, 0.29) is 18.9 Å². The molecule has 144 valence electrons. The highest BCUT2D eigenvalue weighted by Gasteiger charge is 2.31. The zero-order valence-corrected chi connectivity index (χ0v) is 16.9. The number of carbonyl (C=O) groups excluding carboxylic acids is 1. The molecule has 0 spiro atoms. The molecule has 1 aliphatic heterocycles. The molecule has 1 amide bonds. The van der Waals surface area contributed by atoms with Gasteiger partial charge < -0.3 is 10.1 Å². The normalized spacial score (nSPS) is 16.9. The van der Waals surface area contributed by atoms with E-state index in [9.17, 15) is 13.2 Å². The van der Waals surface area contributed by atoms with E-state index >= 15 is 0 Å². The van der Waals surface area contributed by atoms with Crippen LogP contribution in [-0.2, 0) is 14.8 Å². The summed E-state index contributed by atoms with van der Waals surface area (Å²) in [6.45, 7) is 3.98. The lowest BCUT2D eigenvalue weighted by Crippen LogP contribution is -2.36. The minimum absolute atomic E-state index is 0.122. The van der Waals surface area contributed by atoms with Gasteiger partial charge in [0.25, 0.3) is 5.91 Å². The first-order chi connectivity index (χ1) is 12.6. The summed E-state index contributed by atoms with van der Waals surface area (Å²) >= 11 is 6.03. The Morgan fingerprint density at radius 1 is 1.22 bits per heavy atom. The predicted molar refractivity (Wildman–Crippen MR) is 107 cm³/mol. The number of rotatable bonds is 3. The molecule has 0 unspecified atom stereocenters. The van der Waals surface area contributed by atoms with Crippen molar-refractivity contribution >= 4 is 38.9 Å². The monoisotopic (exact) mass is 408 g/mol. The second-order valence-corrected chi connectivity index (χ2v) is 8.99. The molecular formula is C19H21ClN2O4S. The Bertz CT molecular complexity index is 991. The maximum absolute atomic E-state index is 12.8. The number of carbonyl (C=O) groups is 1. The summed E-state index contributed by atoms with van der Waals surface area (Å²) in [6.07, 6.45) is 0.515. The van der Waals surface area contributed by atoms with Gasteiger partial charge >= 0.3 is 0 Å². The summed E-state index contributed by atoms with van der Waals surface area (Å²) < 4.78 is 31.5. The Kier molecular flexibility index (Phi) is 5.35. The average molecular weight is 409 g/mol. The maximum Gasteiger partial charge on any atom is 0.265 e. The fourth-order valence-electron chi connectivity index (χ4n) is 2.97. The number of anilines is 2. The maximum atomic E-state index is 12.8. The van der Waals surface area contributed by atoms with Gasteiger partial charge in [-0.15, -0.1) is 0 Å². The molecule has 1 N–H and O–H groups in total. The van der Waals surface area contributed by atoms with Crippen molar-refractivity contribution in [1.29, 1.82) is 0 Å². The molecular weight excluding hydrogens is 388 g/mol. The van der Waals surface area contributed by atoms with E-state index in [1.165, 1.54) is 10.4 Å². The van der Waals surface area contributed by atoms with Gasteiger partial charge in [0.15, 0.2) is 6.10 Å². The molecule has 0 saturated carbocycles. The van der Waals surface area contributed by atoms with Crippen LogP contribution in [0.3, 0.4) is 0 Å². The van der Waals surface area contributed by atoms with Gasteiger partial charge in [-0.25, -0.2) is 8.42 Å². The topological polar surface area (TPSA) is 75.7 Å². The van der Waals surface area contributed by atoms with Crippen LogP contribution in [0.2, 0.25) is 5.02 Å². The Hall–Kier alpha value is -2.25. The van der Waals surface area contributed by atoms with Crippen LogP contribution in [0.5, 0.6) is 5.75 Å². The van der Waals surface area contributed by atoms with Gasteiger partial charge in [-0.05, 0) is 49.2 Å². The quantitative estimate of drug-likeness (QED) is 0.843. The predicted octanol–water partition coefficient (Wildman–Crippen LogP) is 3.51. The van der Waals surface area contributed by atoms with Gasteiger partial charge in [0.05, 0.1) is 11.9 Å². The van der Waals surface area contributed by atoms with Gasteiger partial charge in [0.1, 0.15) is 5.75 Å². The molecule has 0 radical (unpaired) electrons. The zero-order valence-electron chi connectivity index (χ0n) is 15.3. The number of nitrogens with zero attached hydrogens (tertiary/aromatic N) is 1. The van der Waals surface area contributed by atoms with Crippen molar-refractivity contribution in [3.63, 3.8) is 0 Å². The molecule has 1 aliphatic rings. The van der Waals surface area contributed by atoms with E-state index < -0.39 is 16.1 Å². The van der Waals surface area contributed by atoms with Crippen molar-refractivity contribution in [2.45, 2.75) is 26.4 Å².